The lowest BCUT2D eigenvalue weighted by atomic mass is 10.2. The van der Waals surface area contributed by atoms with Crippen molar-refractivity contribution in [2.45, 2.75) is 19.8 Å². The third-order valence-corrected chi connectivity index (χ3v) is 4.43. The Morgan fingerprint density at radius 3 is 2.69 bits per heavy atom. The van der Waals surface area contributed by atoms with Crippen molar-refractivity contribution in [2.75, 3.05) is 18.0 Å². The van der Waals surface area contributed by atoms with Crippen LogP contribution in [0, 0.1) is 17.0 Å². The molecule has 0 N–H and O–H groups in total. The van der Waals surface area contributed by atoms with E-state index in [9.17, 15) is 10.1 Å². The number of nitrogens with zero attached hydrogens (tertiary/aromatic N) is 6. The van der Waals surface area contributed by atoms with Gasteiger partial charge in [-0.25, -0.2) is 14.6 Å². The molecule has 0 atom stereocenters. The van der Waals surface area contributed by atoms with Gasteiger partial charge in [0.15, 0.2) is 0 Å². The Bertz CT molecular complexity index is 962. The van der Waals surface area contributed by atoms with Crippen molar-refractivity contribution in [3.8, 4) is 16.9 Å². The monoisotopic (exact) mass is 350 g/mol. The highest BCUT2D eigenvalue weighted by Crippen LogP contribution is 2.26. The molecule has 4 rings (SSSR count). The van der Waals surface area contributed by atoms with Crippen LogP contribution < -0.4 is 4.90 Å². The quantitative estimate of drug-likeness (QED) is 0.530. The largest absolute Gasteiger partial charge is 0.341 e. The van der Waals surface area contributed by atoms with E-state index < -0.39 is 4.92 Å². The van der Waals surface area contributed by atoms with Gasteiger partial charge < -0.3 is 4.90 Å². The normalized spacial score (nSPS) is 14.0. The summed E-state index contributed by atoms with van der Waals surface area (Å²) in [6, 6.07) is 8.44. The first kappa shape index (κ1) is 16.2. The third kappa shape index (κ3) is 3.01. The fourth-order valence-corrected chi connectivity index (χ4v) is 3.16. The van der Waals surface area contributed by atoms with Gasteiger partial charge in [0, 0.05) is 36.6 Å². The van der Waals surface area contributed by atoms with Crippen molar-refractivity contribution >= 4 is 11.6 Å². The summed E-state index contributed by atoms with van der Waals surface area (Å²) in [6.45, 7) is 3.88. The van der Waals surface area contributed by atoms with Gasteiger partial charge in [0.25, 0.3) is 5.69 Å². The van der Waals surface area contributed by atoms with E-state index in [4.69, 9.17) is 0 Å². The van der Waals surface area contributed by atoms with Gasteiger partial charge >= 0.3 is 0 Å². The lowest BCUT2D eigenvalue weighted by Gasteiger charge is -2.16. The molecule has 132 valence electrons. The molecule has 26 heavy (non-hydrogen) atoms. The average molecular weight is 350 g/mol. The highest BCUT2D eigenvalue weighted by molar-refractivity contribution is 5.61. The van der Waals surface area contributed by atoms with Crippen LogP contribution in [0.15, 0.2) is 42.7 Å². The second kappa shape index (κ2) is 6.55. The summed E-state index contributed by atoms with van der Waals surface area (Å²) in [5.74, 6) is 0.732. The van der Waals surface area contributed by atoms with Gasteiger partial charge in [0.2, 0.25) is 5.95 Å². The topological polar surface area (TPSA) is 90.0 Å². The maximum atomic E-state index is 11.2. The molecule has 0 aliphatic carbocycles. The molecule has 0 bridgehead atoms. The summed E-state index contributed by atoms with van der Waals surface area (Å²) in [7, 11) is 0. The van der Waals surface area contributed by atoms with Crippen LogP contribution >= 0.6 is 0 Å². The van der Waals surface area contributed by atoms with E-state index in [1.165, 1.54) is 10.7 Å². The number of hydrogen-bond acceptors (Lipinski definition) is 6. The average Bonchev–Trinajstić information content (AvgIpc) is 3.33. The molecule has 0 amide bonds. The molecule has 0 unspecified atom stereocenters. The van der Waals surface area contributed by atoms with Crippen molar-refractivity contribution in [2.24, 2.45) is 0 Å². The van der Waals surface area contributed by atoms with Gasteiger partial charge in [-0.1, -0.05) is 12.1 Å². The van der Waals surface area contributed by atoms with Crippen LogP contribution in [0.3, 0.4) is 0 Å². The Kier molecular flexibility index (Phi) is 4.08. The molecule has 1 fully saturated rings. The van der Waals surface area contributed by atoms with Crippen molar-refractivity contribution < 1.29 is 4.92 Å². The van der Waals surface area contributed by atoms with E-state index in [0.717, 1.165) is 48.8 Å². The Labute approximate surface area is 150 Å². The number of aromatic nitrogens is 4. The van der Waals surface area contributed by atoms with Gasteiger partial charge in [-0.15, -0.1) is 0 Å². The summed E-state index contributed by atoms with van der Waals surface area (Å²) in [5, 5.41) is 15.5. The van der Waals surface area contributed by atoms with Gasteiger partial charge in [-0.2, -0.15) is 5.10 Å². The smallest absolute Gasteiger partial charge is 0.294 e. The molecule has 0 radical (unpaired) electrons. The molecule has 1 saturated heterocycles. The lowest BCUT2D eigenvalue weighted by Crippen LogP contribution is -2.20. The molecular weight excluding hydrogens is 332 g/mol. The highest BCUT2D eigenvalue weighted by Gasteiger charge is 2.18. The van der Waals surface area contributed by atoms with Crippen LogP contribution in [0.1, 0.15) is 18.5 Å². The molecule has 1 aliphatic rings. The van der Waals surface area contributed by atoms with E-state index in [2.05, 4.69) is 20.0 Å². The van der Waals surface area contributed by atoms with Crippen molar-refractivity contribution in [3.05, 3.63) is 58.5 Å². The molecule has 8 nitrogen and oxygen atoms in total. The minimum atomic E-state index is -0.406. The fourth-order valence-electron chi connectivity index (χ4n) is 3.16. The summed E-state index contributed by atoms with van der Waals surface area (Å²) >= 11 is 0. The van der Waals surface area contributed by atoms with Gasteiger partial charge in [0.05, 0.1) is 16.8 Å². The van der Waals surface area contributed by atoms with Crippen molar-refractivity contribution in [1.82, 2.24) is 19.7 Å². The van der Waals surface area contributed by atoms with E-state index >= 15 is 0 Å². The van der Waals surface area contributed by atoms with Crippen LogP contribution in [-0.2, 0) is 0 Å². The molecule has 8 heteroatoms. The maximum absolute atomic E-state index is 11.2. The first-order valence-corrected chi connectivity index (χ1v) is 8.51. The maximum Gasteiger partial charge on any atom is 0.294 e. The third-order valence-electron chi connectivity index (χ3n) is 4.43. The Morgan fingerprint density at radius 1 is 1.15 bits per heavy atom. The Balaban J connectivity index is 1.72. The van der Waals surface area contributed by atoms with Gasteiger partial charge in [-0.3, -0.25) is 10.1 Å². The van der Waals surface area contributed by atoms with Crippen LogP contribution in [-0.4, -0.2) is 37.8 Å². The number of aryl methyl sites for hydroxylation is 1. The zero-order valence-electron chi connectivity index (χ0n) is 14.4. The number of rotatable bonds is 4. The van der Waals surface area contributed by atoms with Crippen molar-refractivity contribution in [3.63, 3.8) is 0 Å². The first-order chi connectivity index (χ1) is 12.6. The number of para-hydroxylation sites is 2. The van der Waals surface area contributed by atoms with Crippen LogP contribution in [0.5, 0.6) is 0 Å². The van der Waals surface area contributed by atoms with Gasteiger partial charge in [0.1, 0.15) is 5.69 Å². The van der Waals surface area contributed by atoms with E-state index in [-0.39, 0.29) is 5.69 Å². The van der Waals surface area contributed by atoms with Crippen LogP contribution in [0.4, 0.5) is 11.6 Å². The van der Waals surface area contributed by atoms with Crippen LogP contribution in [0.25, 0.3) is 16.9 Å². The second-order valence-corrected chi connectivity index (χ2v) is 6.31. The molecule has 1 aliphatic heterocycles. The zero-order valence-corrected chi connectivity index (χ0v) is 14.4. The van der Waals surface area contributed by atoms with Gasteiger partial charge in [-0.05, 0) is 31.9 Å². The number of anilines is 1. The first-order valence-electron chi connectivity index (χ1n) is 8.51. The molecule has 1 aromatic carbocycles. The summed E-state index contributed by atoms with van der Waals surface area (Å²) < 4.78 is 1.51. The minimum absolute atomic E-state index is 0.0128. The number of nitro groups is 1. The predicted molar refractivity (Wildman–Crippen MR) is 97.4 cm³/mol. The lowest BCUT2D eigenvalue weighted by molar-refractivity contribution is -0.384. The Hall–Kier alpha value is -3.29. The molecule has 2 aromatic heterocycles. The molecule has 3 aromatic rings. The molecule has 3 heterocycles. The summed E-state index contributed by atoms with van der Waals surface area (Å²) in [5.41, 5.74) is 2.89. The Morgan fingerprint density at radius 2 is 1.92 bits per heavy atom. The highest BCUT2D eigenvalue weighted by atomic mass is 16.6. The van der Waals surface area contributed by atoms with Crippen molar-refractivity contribution in [1.29, 1.82) is 0 Å². The van der Waals surface area contributed by atoms with E-state index in [1.54, 1.807) is 30.6 Å². The SMILES string of the molecule is Cc1cc(-c2cnn(-c3ccccc3[N+](=O)[O-])c2)nc(N2CCCC2)n1. The van der Waals surface area contributed by atoms with E-state index in [0.29, 0.717) is 5.69 Å². The minimum Gasteiger partial charge on any atom is -0.341 e. The molecular formula is C18H18N6O2. The number of nitro benzene ring substituents is 1. The number of hydrogen-bond donors (Lipinski definition) is 0. The summed E-state index contributed by atoms with van der Waals surface area (Å²) in [4.78, 5) is 22.2. The summed E-state index contributed by atoms with van der Waals surface area (Å²) in [6.07, 6.45) is 5.74. The predicted octanol–water partition coefficient (Wildman–Crippen LogP) is 3.15. The molecule has 0 saturated carbocycles. The molecule has 0 spiro atoms. The standard InChI is InChI=1S/C18H18N6O2/c1-13-10-15(21-18(20-13)22-8-4-5-9-22)14-11-19-23(12-14)16-6-2-3-7-17(16)24(25)26/h2-3,6-7,10-12H,4-5,8-9H2,1H3. The van der Waals surface area contributed by atoms with Crippen LogP contribution in [0.2, 0.25) is 0 Å². The zero-order chi connectivity index (χ0) is 18.1. The second-order valence-electron chi connectivity index (χ2n) is 6.31. The van der Waals surface area contributed by atoms with E-state index in [1.807, 2.05) is 13.0 Å². The fraction of sp³-hybridized carbons (Fsp3) is 0.278. The number of benzene rings is 1.